The van der Waals surface area contributed by atoms with Gasteiger partial charge >= 0.3 is 0 Å². The van der Waals surface area contributed by atoms with Crippen LogP contribution in [0.3, 0.4) is 0 Å². The van der Waals surface area contributed by atoms with Gasteiger partial charge < -0.3 is 39.7 Å². The summed E-state index contributed by atoms with van der Waals surface area (Å²) in [7, 11) is 11.6. The fourth-order valence-corrected chi connectivity index (χ4v) is 7.24. The van der Waals surface area contributed by atoms with Gasteiger partial charge in [0.05, 0.1) is 48.3 Å². The van der Waals surface area contributed by atoms with Crippen molar-refractivity contribution in [2.75, 3.05) is 98.8 Å². The number of nitrogens with one attached hydrogen (secondary N) is 2. The SMILES string of the molecule is CCN(CC)c1cc(Nc2nc(Nc3cc(N(CC)CC)c(OC)cc3N(C)C)nc(SC3CCCCC3)n2)c(N(C)C)cc1OC. The van der Waals surface area contributed by atoms with Gasteiger partial charge in [-0.05, 0) is 52.7 Å². The van der Waals surface area contributed by atoms with E-state index < -0.39 is 0 Å². The molecule has 11 nitrogen and oxygen atoms in total. The van der Waals surface area contributed by atoms with Gasteiger partial charge in [0.2, 0.25) is 11.9 Å². The Labute approximate surface area is 286 Å². The summed E-state index contributed by atoms with van der Waals surface area (Å²) in [4.78, 5) is 23.6. The summed E-state index contributed by atoms with van der Waals surface area (Å²) in [6.45, 7) is 12.1. The molecule has 1 aromatic heterocycles. The smallest absolute Gasteiger partial charge is 0.233 e. The summed E-state index contributed by atoms with van der Waals surface area (Å²) in [5.74, 6) is 2.63. The molecule has 0 unspecified atom stereocenters. The van der Waals surface area contributed by atoms with Gasteiger partial charge in [-0.25, -0.2) is 0 Å². The maximum Gasteiger partial charge on any atom is 0.233 e. The minimum Gasteiger partial charge on any atom is -0.495 e. The van der Waals surface area contributed by atoms with Crippen molar-refractivity contribution < 1.29 is 9.47 Å². The van der Waals surface area contributed by atoms with Crippen molar-refractivity contribution in [2.24, 2.45) is 0 Å². The first-order chi connectivity index (χ1) is 22.6. The van der Waals surface area contributed by atoms with Crippen LogP contribution in [-0.4, -0.2) is 88.8 Å². The number of rotatable bonds is 16. The predicted molar refractivity (Wildman–Crippen MR) is 201 cm³/mol. The van der Waals surface area contributed by atoms with E-state index in [9.17, 15) is 0 Å². The minimum absolute atomic E-state index is 0.489. The lowest BCUT2D eigenvalue weighted by molar-refractivity contribution is 0.414. The van der Waals surface area contributed by atoms with E-state index in [1.807, 2.05) is 28.2 Å². The van der Waals surface area contributed by atoms with Crippen molar-refractivity contribution in [2.45, 2.75) is 70.2 Å². The van der Waals surface area contributed by atoms with Crippen molar-refractivity contribution in [3.05, 3.63) is 24.3 Å². The normalized spacial score (nSPS) is 13.2. The summed E-state index contributed by atoms with van der Waals surface area (Å²) >= 11 is 1.76. The van der Waals surface area contributed by atoms with Crippen LogP contribution in [-0.2, 0) is 0 Å². The Bertz CT molecular complexity index is 1360. The van der Waals surface area contributed by atoms with Gasteiger partial charge in [-0.3, -0.25) is 0 Å². The van der Waals surface area contributed by atoms with Gasteiger partial charge in [0.1, 0.15) is 11.5 Å². The highest BCUT2D eigenvalue weighted by Gasteiger charge is 2.22. The summed E-state index contributed by atoms with van der Waals surface area (Å²) in [5.41, 5.74) is 5.78. The van der Waals surface area contributed by atoms with Crippen LogP contribution in [0.15, 0.2) is 29.4 Å². The van der Waals surface area contributed by atoms with Gasteiger partial charge in [0, 0.05) is 71.8 Å². The fraction of sp³-hybridized carbons (Fsp3) is 0.571. The molecule has 3 aromatic rings. The Morgan fingerprint density at radius 2 is 1.06 bits per heavy atom. The first-order valence-electron chi connectivity index (χ1n) is 16.9. The van der Waals surface area contributed by atoms with Crippen molar-refractivity contribution in [3.63, 3.8) is 0 Å². The minimum atomic E-state index is 0.489. The molecule has 1 heterocycles. The van der Waals surface area contributed by atoms with E-state index in [2.05, 4.69) is 82.2 Å². The molecule has 0 aliphatic heterocycles. The van der Waals surface area contributed by atoms with Gasteiger partial charge in [-0.15, -0.1) is 0 Å². The highest BCUT2D eigenvalue weighted by molar-refractivity contribution is 7.99. The van der Waals surface area contributed by atoms with Crippen LogP contribution < -0.4 is 39.7 Å². The molecular formula is C35H55N9O2S. The van der Waals surface area contributed by atoms with E-state index in [1.165, 1.54) is 32.1 Å². The van der Waals surface area contributed by atoms with Gasteiger partial charge in [0.25, 0.3) is 0 Å². The van der Waals surface area contributed by atoms with Crippen molar-refractivity contribution in [1.82, 2.24) is 15.0 Å². The van der Waals surface area contributed by atoms with Crippen molar-refractivity contribution in [3.8, 4) is 11.5 Å². The quantitative estimate of drug-likeness (QED) is 0.158. The molecule has 0 saturated heterocycles. The predicted octanol–water partition coefficient (Wildman–Crippen LogP) is 7.63. The molecule has 2 N–H and O–H groups in total. The third kappa shape index (κ3) is 8.77. The molecule has 1 aliphatic carbocycles. The summed E-state index contributed by atoms with van der Waals surface area (Å²) in [6.07, 6.45) is 6.14. The molecule has 258 valence electrons. The van der Waals surface area contributed by atoms with Crippen LogP contribution in [0.5, 0.6) is 11.5 Å². The molecule has 0 amide bonds. The maximum absolute atomic E-state index is 5.84. The van der Waals surface area contributed by atoms with Crippen LogP contribution in [0, 0.1) is 0 Å². The number of nitrogens with zero attached hydrogens (tertiary/aromatic N) is 7. The number of ether oxygens (including phenoxy) is 2. The Morgan fingerprint density at radius 1 is 0.638 bits per heavy atom. The lowest BCUT2D eigenvalue weighted by Crippen LogP contribution is -2.23. The molecule has 1 fully saturated rings. The second kappa shape index (κ2) is 16.9. The Morgan fingerprint density at radius 3 is 1.43 bits per heavy atom. The lowest BCUT2D eigenvalue weighted by atomic mass is 10.0. The Balaban J connectivity index is 1.82. The highest BCUT2D eigenvalue weighted by Crippen LogP contribution is 2.42. The van der Waals surface area contributed by atoms with Crippen LogP contribution in [0.1, 0.15) is 59.8 Å². The summed E-state index contributed by atoms with van der Waals surface area (Å²) in [5, 5.41) is 8.36. The Hall–Kier alpha value is -3.80. The molecule has 0 bridgehead atoms. The number of anilines is 8. The largest absolute Gasteiger partial charge is 0.495 e. The molecule has 0 radical (unpaired) electrons. The number of hydrogen-bond donors (Lipinski definition) is 2. The second-order valence-electron chi connectivity index (χ2n) is 12.1. The second-order valence-corrected chi connectivity index (χ2v) is 13.4. The van der Waals surface area contributed by atoms with Crippen LogP contribution in [0.25, 0.3) is 0 Å². The number of aromatic nitrogens is 3. The van der Waals surface area contributed by atoms with Crippen LogP contribution in [0.2, 0.25) is 0 Å². The zero-order valence-electron chi connectivity index (χ0n) is 30.1. The van der Waals surface area contributed by atoms with Crippen molar-refractivity contribution >= 4 is 57.8 Å². The standard InChI is InChI=1S/C35H55N9O2S/c1-11-43(12-2)29-20-25(27(41(5)6)22-31(29)45-9)36-33-38-34(40-35(39-33)47-24-18-16-15-17-19-24)37-26-21-30(44(13-3)14-4)32(46-10)23-28(26)42(7)8/h20-24H,11-19H2,1-10H3,(H2,36,37,38,39,40). The molecule has 1 aliphatic rings. The molecular weight excluding hydrogens is 611 g/mol. The van der Waals surface area contributed by atoms with Gasteiger partial charge in [-0.2, -0.15) is 15.0 Å². The Kier molecular flexibility index (Phi) is 12.9. The van der Waals surface area contributed by atoms with E-state index in [0.29, 0.717) is 22.3 Å². The first kappa shape index (κ1) is 36.0. The van der Waals surface area contributed by atoms with Crippen LogP contribution >= 0.6 is 11.8 Å². The average molecular weight is 666 g/mol. The zero-order chi connectivity index (χ0) is 34.1. The zero-order valence-corrected chi connectivity index (χ0v) is 30.9. The van der Waals surface area contributed by atoms with Gasteiger partial charge in [-0.1, -0.05) is 31.0 Å². The molecule has 12 heteroatoms. The number of hydrogen-bond acceptors (Lipinski definition) is 12. The third-order valence-corrected chi connectivity index (χ3v) is 9.90. The number of thioether (sulfide) groups is 1. The molecule has 4 rings (SSSR count). The molecule has 1 saturated carbocycles. The molecule has 47 heavy (non-hydrogen) atoms. The van der Waals surface area contributed by atoms with Crippen molar-refractivity contribution in [1.29, 1.82) is 0 Å². The molecule has 2 aromatic carbocycles. The lowest BCUT2D eigenvalue weighted by Gasteiger charge is -2.27. The average Bonchev–Trinajstić information content (AvgIpc) is 3.06. The highest BCUT2D eigenvalue weighted by atomic mass is 32.2. The van der Waals surface area contributed by atoms with E-state index in [1.54, 1.807) is 26.0 Å². The third-order valence-electron chi connectivity index (χ3n) is 8.70. The summed E-state index contributed by atoms with van der Waals surface area (Å²) < 4.78 is 11.7. The van der Waals surface area contributed by atoms with E-state index in [0.717, 1.165) is 71.8 Å². The molecule has 0 atom stereocenters. The van der Waals surface area contributed by atoms with E-state index in [4.69, 9.17) is 24.4 Å². The summed E-state index contributed by atoms with van der Waals surface area (Å²) in [6, 6.07) is 8.42. The van der Waals surface area contributed by atoms with E-state index >= 15 is 0 Å². The maximum atomic E-state index is 5.84. The first-order valence-corrected chi connectivity index (χ1v) is 17.8. The van der Waals surface area contributed by atoms with Crippen LogP contribution in [0.4, 0.5) is 46.0 Å². The number of benzene rings is 2. The molecule has 0 spiro atoms. The van der Waals surface area contributed by atoms with E-state index in [-0.39, 0.29) is 0 Å². The monoisotopic (exact) mass is 665 g/mol. The topological polar surface area (TPSA) is 94.1 Å². The van der Waals surface area contributed by atoms with Gasteiger partial charge in [0.15, 0.2) is 5.16 Å². The number of methoxy groups -OCH3 is 2. The fourth-order valence-electron chi connectivity index (χ4n) is 6.10.